The monoisotopic (exact) mass is 219 g/mol. The van der Waals surface area contributed by atoms with Crippen molar-refractivity contribution in [1.82, 2.24) is 5.32 Å². The molecule has 0 amide bonds. The maximum absolute atomic E-state index is 5.42. The second-order valence-electron chi connectivity index (χ2n) is 4.61. The molecule has 3 rings (SSSR count). The van der Waals surface area contributed by atoms with Crippen molar-refractivity contribution in [3.63, 3.8) is 0 Å². The van der Waals surface area contributed by atoms with Crippen molar-refractivity contribution in [2.45, 2.75) is 18.8 Å². The molecule has 0 spiro atoms. The number of benzene rings is 1. The molecule has 1 aromatic carbocycles. The Bertz CT molecular complexity index is 388. The van der Waals surface area contributed by atoms with E-state index in [-0.39, 0.29) is 0 Å². The van der Waals surface area contributed by atoms with E-state index in [1.807, 2.05) is 13.1 Å². The summed E-state index contributed by atoms with van der Waals surface area (Å²) >= 11 is 0. The van der Waals surface area contributed by atoms with Gasteiger partial charge in [-0.2, -0.15) is 0 Å². The van der Waals surface area contributed by atoms with Crippen molar-refractivity contribution in [3.8, 4) is 11.5 Å². The fourth-order valence-corrected chi connectivity index (χ4v) is 2.42. The summed E-state index contributed by atoms with van der Waals surface area (Å²) in [6, 6.07) is 6.35. The van der Waals surface area contributed by atoms with Gasteiger partial charge in [-0.3, -0.25) is 0 Å². The highest BCUT2D eigenvalue weighted by Gasteiger charge is 2.32. The lowest BCUT2D eigenvalue weighted by Gasteiger charge is -2.16. The van der Waals surface area contributed by atoms with E-state index < -0.39 is 0 Å². The molecule has 1 saturated carbocycles. The van der Waals surface area contributed by atoms with Crippen LogP contribution in [0.2, 0.25) is 0 Å². The average molecular weight is 219 g/mol. The van der Waals surface area contributed by atoms with Crippen LogP contribution < -0.4 is 14.8 Å². The Hall–Kier alpha value is -1.22. The van der Waals surface area contributed by atoms with Crippen LogP contribution in [-0.2, 0) is 0 Å². The fraction of sp³-hybridized carbons (Fsp3) is 0.538. The van der Waals surface area contributed by atoms with Gasteiger partial charge in [0.2, 0.25) is 6.79 Å². The van der Waals surface area contributed by atoms with Gasteiger partial charge in [0.15, 0.2) is 11.5 Å². The first-order valence-electron chi connectivity index (χ1n) is 5.92. The van der Waals surface area contributed by atoms with Crippen LogP contribution in [0.15, 0.2) is 18.2 Å². The van der Waals surface area contributed by atoms with Crippen LogP contribution in [0.25, 0.3) is 0 Å². The van der Waals surface area contributed by atoms with Gasteiger partial charge in [-0.15, -0.1) is 0 Å². The molecule has 1 fully saturated rings. The van der Waals surface area contributed by atoms with Crippen LogP contribution in [0, 0.1) is 5.92 Å². The molecule has 1 aliphatic carbocycles. The van der Waals surface area contributed by atoms with Crippen molar-refractivity contribution >= 4 is 0 Å². The highest BCUT2D eigenvalue weighted by Crippen LogP contribution is 2.44. The second-order valence-corrected chi connectivity index (χ2v) is 4.61. The predicted molar refractivity (Wildman–Crippen MR) is 62.0 cm³/mol. The van der Waals surface area contributed by atoms with Crippen molar-refractivity contribution in [2.75, 3.05) is 20.4 Å². The van der Waals surface area contributed by atoms with Crippen LogP contribution in [-0.4, -0.2) is 20.4 Å². The van der Waals surface area contributed by atoms with Gasteiger partial charge >= 0.3 is 0 Å². The topological polar surface area (TPSA) is 30.5 Å². The van der Waals surface area contributed by atoms with E-state index in [4.69, 9.17) is 9.47 Å². The lowest BCUT2D eigenvalue weighted by molar-refractivity contribution is 0.174. The number of rotatable bonds is 4. The van der Waals surface area contributed by atoms with Crippen molar-refractivity contribution in [1.29, 1.82) is 0 Å². The van der Waals surface area contributed by atoms with Gasteiger partial charge in [-0.1, -0.05) is 6.07 Å². The maximum Gasteiger partial charge on any atom is 0.231 e. The zero-order valence-corrected chi connectivity index (χ0v) is 9.53. The Balaban J connectivity index is 1.86. The molecule has 2 aliphatic rings. The number of ether oxygens (including phenoxy) is 2. The molecule has 1 N–H and O–H groups in total. The van der Waals surface area contributed by atoms with Crippen molar-refractivity contribution in [3.05, 3.63) is 23.8 Å². The Morgan fingerprint density at radius 3 is 2.88 bits per heavy atom. The summed E-state index contributed by atoms with van der Waals surface area (Å²) in [5, 5.41) is 3.28. The van der Waals surface area contributed by atoms with E-state index in [1.54, 1.807) is 0 Å². The lowest BCUT2D eigenvalue weighted by Crippen LogP contribution is -2.18. The van der Waals surface area contributed by atoms with Gasteiger partial charge in [-0.05, 0) is 49.4 Å². The Morgan fingerprint density at radius 1 is 1.31 bits per heavy atom. The highest BCUT2D eigenvalue weighted by molar-refractivity contribution is 5.45. The summed E-state index contributed by atoms with van der Waals surface area (Å²) in [5.41, 5.74) is 1.38. The first-order valence-corrected chi connectivity index (χ1v) is 5.92. The normalized spacial score (nSPS) is 19.8. The third-order valence-corrected chi connectivity index (χ3v) is 3.44. The molecule has 0 aromatic heterocycles. The summed E-state index contributed by atoms with van der Waals surface area (Å²) in [5.74, 6) is 3.26. The standard InChI is InChI=1S/C13H17NO2/c1-14-7-11(9-2-3-9)10-4-5-12-13(6-10)16-8-15-12/h4-6,9,11,14H,2-3,7-8H2,1H3. The van der Waals surface area contributed by atoms with Gasteiger partial charge in [0.05, 0.1) is 0 Å². The maximum atomic E-state index is 5.42. The zero-order chi connectivity index (χ0) is 11.0. The minimum atomic E-state index is 0.360. The molecule has 1 unspecified atom stereocenters. The summed E-state index contributed by atoms with van der Waals surface area (Å²) in [7, 11) is 2.02. The number of nitrogens with one attached hydrogen (secondary N) is 1. The molecule has 1 atom stereocenters. The van der Waals surface area contributed by atoms with E-state index in [2.05, 4.69) is 17.4 Å². The molecule has 1 aliphatic heterocycles. The number of hydrogen-bond donors (Lipinski definition) is 1. The van der Waals surface area contributed by atoms with E-state index in [0.29, 0.717) is 12.7 Å². The summed E-state index contributed by atoms with van der Waals surface area (Å²) in [6.07, 6.45) is 2.72. The molecule has 3 heteroatoms. The first kappa shape index (κ1) is 9.97. The predicted octanol–water partition coefficient (Wildman–Crippen LogP) is 2.13. The largest absolute Gasteiger partial charge is 0.454 e. The number of likely N-dealkylation sites (N-methyl/N-ethyl adjacent to an activating group) is 1. The Labute approximate surface area is 95.8 Å². The van der Waals surface area contributed by atoms with Crippen LogP contribution in [0.4, 0.5) is 0 Å². The average Bonchev–Trinajstić information content (AvgIpc) is 3.03. The zero-order valence-electron chi connectivity index (χ0n) is 9.53. The van der Waals surface area contributed by atoms with Gasteiger partial charge in [-0.25, -0.2) is 0 Å². The molecule has 0 saturated heterocycles. The smallest absolute Gasteiger partial charge is 0.231 e. The van der Waals surface area contributed by atoms with E-state index in [9.17, 15) is 0 Å². The SMILES string of the molecule is CNCC(c1ccc2c(c1)OCO2)C1CC1. The van der Waals surface area contributed by atoms with Crippen LogP contribution in [0.1, 0.15) is 24.3 Å². The van der Waals surface area contributed by atoms with E-state index in [0.717, 1.165) is 24.0 Å². The molecule has 16 heavy (non-hydrogen) atoms. The molecular formula is C13H17NO2. The lowest BCUT2D eigenvalue weighted by atomic mass is 9.94. The van der Waals surface area contributed by atoms with Crippen molar-refractivity contribution in [2.24, 2.45) is 5.92 Å². The third-order valence-electron chi connectivity index (χ3n) is 3.44. The minimum absolute atomic E-state index is 0.360. The Morgan fingerprint density at radius 2 is 2.12 bits per heavy atom. The number of hydrogen-bond acceptors (Lipinski definition) is 3. The Kier molecular flexibility index (Phi) is 2.48. The summed E-state index contributed by atoms with van der Waals surface area (Å²) in [4.78, 5) is 0. The molecular weight excluding hydrogens is 202 g/mol. The number of fused-ring (bicyclic) bond motifs is 1. The highest BCUT2D eigenvalue weighted by atomic mass is 16.7. The summed E-state index contributed by atoms with van der Waals surface area (Å²) in [6.45, 7) is 1.41. The molecule has 3 nitrogen and oxygen atoms in total. The van der Waals surface area contributed by atoms with Gasteiger partial charge in [0.1, 0.15) is 0 Å². The minimum Gasteiger partial charge on any atom is -0.454 e. The molecule has 1 heterocycles. The first-order chi connectivity index (χ1) is 7.88. The van der Waals surface area contributed by atoms with E-state index in [1.165, 1.54) is 18.4 Å². The van der Waals surface area contributed by atoms with Gasteiger partial charge in [0.25, 0.3) is 0 Å². The molecule has 1 aromatic rings. The van der Waals surface area contributed by atoms with E-state index >= 15 is 0 Å². The van der Waals surface area contributed by atoms with Crippen LogP contribution >= 0.6 is 0 Å². The van der Waals surface area contributed by atoms with Gasteiger partial charge in [0, 0.05) is 6.54 Å². The second kappa shape index (κ2) is 3.98. The van der Waals surface area contributed by atoms with Crippen LogP contribution in [0.5, 0.6) is 11.5 Å². The van der Waals surface area contributed by atoms with Gasteiger partial charge < -0.3 is 14.8 Å². The third kappa shape index (κ3) is 1.76. The van der Waals surface area contributed by atoms with Crippen LogP contribution in [0.3, 0.4) is 0 Å². The van der Waals surface area contributed by atoms with Crippen molar-refractivity contribution < 1.29 is 9.47 Å². The fourth-order valence-electron chi connectivity index (χ4n) is 2.42. The quantitative estimate of drug-likeness (QED) is 0.841. The molecule has 86 valence electrons. The molecule has 0 radical (unpaired) electrons. The molecule has 0 bridgehead atoms. The summed E-state index contributed by atoms with van der Waals surface area (Å²) < 4.78 is 10.8.